The van der Waals surface area contributed by atoms with Crippen molar-refractivity contribution in [2.45, 2.75) is 38.3 Å². The Hall–Kier alpha value is -2.40. The molecule has 0 atom stereocenters. The van der Waals surface area contributed by atoms with E-state index in [2.05, 4.69) is 21.7 Å². The second kappa shape index (κ2) is 8.81. The number of aromatic nitrogens is 1. The molecule has 0 spiro atoms. The van der Waals surface area contributed by atoms with E-state index < -0.39 is 0 Å². The van der Waals surface area contributed by atoms with Crippen molar-refractivity contribution in [2.75, 3.05) is 14.2 Å². The zero-order valence-electron chi connectivity index (χ0n) is 15.5. The molecule has 0 bridgehead atoms. The van der Waals surface area contributed by atoms with Gasteiger partial charge in [0.1, 0.15) is 5.75 Å². The number of rotatable bonds is 6. The van der Waals surface area contributed by atoms with Crippen molar-refractivity contribution in [1.29, 1.82) is 0 Å². The number of benzene rings is 1. The number of nitrogens with one attached hydrogen (secondary N) is 2. The summed E-state index contributed by atoms with van der Waals surface area (Å²) in [5, 5.41) is 6.41. The predicted molar refractivity (Wildman–Crippen MR) is 103 cm³/mol. The molecule has 2 N–H and O–H groups in total. The fourth-order valence-electron chi connectivity index (χ4n) is 3.57. The highest BCUT2D eigenvalue weighted by molar-refractivity contribution is 5.78. The maximum Gasteiger partial charge on any atom is 0.223 e. The third-order valence-corrected chi connectivity index (χ3v) is 5.19. The van der Waals surface area contributed by atoms with Crippen LogP contribution in [-0.4, -0.2) is 31.1 Å². The van der Waals surface area contributed by atoms with E-state index in [0.29, 0.717) is 12.6 Å². The van der Waals surface area contributed by atoms with Crippen LogP contribution in [0.15, 0.2) is 42.7 Å². The normalized spacial score (nSPS) is 19.8. The van der Waals surface area contributed by atoms with E-state index in [1.165, 1.54) is 0 Å². The molecule has 26 heavy (non-hydrogen) atoms. The summed E-state index contributed by atoms with van der Waals surface area (Å²) in [7, 11) is 3.66. The van der Waals surface area contributed by atoms with Crippen molar-refractivity contribution >= 4 is 5.91 Å². The molecule has 1 aromatic heterocycles. The lowest BCUT2D eigenvalue weighted by molar-refractivity contribution is -0.126. The van der Waals surface area contributed by atoms with Crippen LogP contribution < -0.4 is 15.4 Å². The minimum absolute atomic E-state index is 0.130. The predicted octanol–water partition coefficient (Wildman–Crippen LogP) is 3.15. The molecule has 5 nitrogen and oxygen atoms in total. The summed E-state index contributed by atoms with van der Waals surface area (Å²) >= 11 is 0. The molecule has 2 aromatic rings. The molecule has 0 radical (unpaired) electrons. The quantitative estimate of drug-likeness (QED) is 0.837. The summed E-state index contributed by atoms with van der Waals surface area (Å²) in [6.45, 7) is 0.514. The molecular weight excluding hydrogens is 326 g/mol. The Kier molecular flexibility index (Phi) is 6.23. The number of hydrogen-bond donors (Lipinski definition) is 2. The third kappa shape index (κ3) is 4.61. The number of pyridine rings is 1. The largest absolute Gasteiger partial charge is 0.497 e. The van der Waals surface area contributed by atoms with Crippen molar-refractivity contribution in [3.05, 3.63) is 48.3 Å². The average molecular weight is 353 g/mol. The first-order valence-electron chi connectivity index (χ1n) is 9.23. The maximum absolute atomic E-state index is 12.5. The second-order valence-corrected chi connectivity index (χ2v) is 6.86. The second-order valence-electron chi connectivity index (χ2n) is 6.86. The topological polar surface area (TPSA) is 63.2 Å². The highest BCUT2D eigenvalue weighted by atomic mass is 16.5. The standard InChI is InChI=1S/C21H27N3O2/c1-22-19-5-3-17(4-6-19)21(25)24-14-15-11-18(13-20(12-15)26-2)16-7-9-23-10-8-16/h7-13,17,19,22H,3-6,14H2,1-2H3,(H,24,25). The minimum Gasteiger partial charge on any atom is -0.497 e. The molecule has 1 aromatic carbocycles. The van der Waals surface area contributed by atoms with Crippen LogP contribution >= 0.6 is 0 Å². The number of hydrogen-bond acceptors (Lipinski definition) is 4. The number of ether oxygens (including phenoxy) is 1. The molecule has 1 aliphatic rings. The molecule has 1 fully saturated rings. The van der Waals surface area contributed by atoms with Gasteiger partial charge in [0.05, 0.1) is 7.11 Å². The summed E-state index contributed by atoms with van der Waals surface area (Å²) in [5.41, 5.74) is 3.18. The van der Waals surface area contributed by atoms with Crippen LogP contribution in [0.1, 0.15) is 31.2 Å². The van der Waals surface area contributed by atoms with Gasteiger partial charge in [-0.1, -0.05) is 0 Å². The Balaban J connectivity index is 1.65. The van der Waals surface area contributed by atoms with Crippen molar-refractivity contribution < 1.29 is 9.53 Å². The molecule has 1 amide bonds. The number of carbonyl (C=O) groups excluding carboxylic acids is 1. The average Bonchev–Trinajstić information content (AvgIpc) is 2.72. The van der Waals surface area contributed by atoms with Crippen LogP contribution in [-0.2, 0) is 11.3 Å². The Labute approximate surface area is 155 Å². The summed E-state index contributed by atoms with van der Waals surface area (Å²) in [6.07, 6.45) is 7.60. The lowest BCUT2D eigenvalue weighted by atomic mass is 9.85. The first-order valence-corrected chi connectivity index (χ1v) is 9.23. The highest BCUT2D eigenvalue weighted by Crippen LogP contribution is 2.27. The molecule has 1 saturated carbocycles. The van der Waals surface area contributed by atoms with Crippen LogP contribution in [0.3, 0.4) is 0 Å². The van der Waals surface area contributed by atoms with E-state index in [0.717, 1.165) is 48.1 Å². The number of carbonyl (C=O) groups is 1. The molecule has 5 heteroatoms. The summed E-state index contributed by atoms with van der Waals surface area (Å²) in [6, 6.07) is 10.6. The van der Waals surface area contributed by atoms with E-state index in [-0.39, 0.29) is 11.8 Å². The smallest absolute Gasteiger partial charge is 0.223 e. The van der Waals surface area contributed by atoms with Gasteiger partial charge in [0.2, 0.25) is 5.91 Å². The fourth-order valence-corrected chi connectivity index (χ4v) is 3.57. The van der Waals surface area contributed by atoms with E-state index >= 15 is 0 Å². The molecule has 1 heterocycles. The van der Waals surface area contributed by atoms with Gasteiger partial charge in [0, 0.05) is 30.9 Å². The molecule has 138 valence electrons. The van der Waals surface area contributed by atoms with E-state index in [9.17, 15) is 4.79 Å². The zero-order chi connectivity index (χ0) is 18.4. The van der Waals surface area contributed by atoms with Crippen LogP contribution in [0.4, 0.5) is 0 Å². The lowest BCUT2D eigenvalue weighted by Crippen LogP contribution is -2.37. The number of nitrogens with zero attached hydrogens (tertiary/aromatic N) is 1. The van der Waals surface area contributed by atoms with Gasteiger partial charge >= 0.3 is 0 Å². The molecule has 3 rings (SSSR count). The minimum atomic E-state index is 0.130. The van der Waals surface area contributed by atoms with Gasteiger partial charge in [0.25, 0.3) is 0 Å². The van der Waals surface area contributed by atoms with Crippen LogP contribution in [0.5, 0.6) is 5.75 Å². The molecular formula is C21H27N3O2. The monoisotopic (exact) mass is 353 g/mol. The van der Waals surface area contributed by atoms with E-state index in [1.807, 2.05) is 31.3 Å². The number of methoxy groups -OCH3 is 1. The first-order chi connectivity index (χ1) is 12.7. The summed E-state index contributed by atoms with van der Waals surface area (Å²) < 4.78 is 5.43. The van der Waals surface area contributed by atoms with E-state index in [4.69, 9.17) is 4.74 Å². The Morgan fingerprint density at radius 2 is 1.85 bits per heavy atom. The third-order valence-electron chi connectivity index (χ3n) is 5.19. The van der Waals surface area contributed by atoms with Crippen LogP contribution in [0.2, 0.25) is 0 Å². The Morgan fingerprint density at radius 3 is 2.50 bits per heavy atom. The van der Waals surface area contributed by atoms with Gasteiger partial charge in [-0.25, -0.2) is 0 Å². The van der Waals surface area contributed by atoms with Crippen molar-refractivity contribution in [3.8, 4) is 16.9 Å². The molecule has 0 saturated heterocycles. The Morgan fingerprint density at radius 1 is 1.12 bits per heavy atom. The fraction of sp³-hybridized carbons (Fsp3) is 0.429. The molecule has 1 aliphatic carbocycles. The van der Waals surface area contributed by atoms with Crippen LogP contribution in [0.25, 0.3) is 11.1 Å². The summed E-state index contributed by atoms with van der Waals surface area (Å²) in [5.74, 6) is 1.08. The van der Waals surface area contributed by atoms with Crippen LogP contribution in [0, 0.1) is 5.92 Å². The van der Waals surface area contributed by atoms with Gasteiger partial charge in [-0.05, 0) is 79.8 Å². The lowest BCUT2D eigenvalue weighted by Gasteiger charge is -2.27. The van der Waals surface area contributed by atoms with Gasteiger partial charge < -0.3 is 15.4 Å². The Bertz CT molecular complexity index is 725. The van der Waals surface area contributed by atoms with Crippen molar-refractivity contribution in [1.82, 2.24) is 15.6 Å². The molecule has 0 aliphatic heterocycles. The van der Waals surface area contributed by atoms with Crippen molar-refractivity contribution in [3.63, 3.8) is 0 Å². The first kappa shape index (κ1) is 18.4. The van der Waals surface area contributed by atoms with Gasteiger partial charge in [-0.2, -0.15) is 0 Å². The van der Waals surface area contributed by atoms with Crippen molar-refractivity contribution in [2.24, 2.45) is 5.92 Å². The zero-order valence-corrected chi connectivity index (χ0v) is 15.5. The summed E-state index contributed by atoms with van der Waals surface area (Å²) in [4.78, 5) is 16.6. The number of amides is 1. The SMILES string of the molecule is CNC1CCC(C(=O)NCc2cc(OC)cc(-c3ccncc3)c2)CC1. The maximum atomic E-state index is 12.5. The van der Waals surface area contributed by atoms with E-state index in [1.54, 1.807) is 19.5 Å². The van der Waals surface area contributed by atoms with Gasteiger partial charge in [-0.15, -0.1) is 0 Å². The van der Waals surface area contributed by atoms with Gasteiger partial charge in [-0.3, -0.25) is 9.78 Å². The van der Waals surface area contributed by atoms with Gasteiger partial charge in [0.15, 0.2) is 0 Å². The molecule has 0 unspecified atom stereocenters. The highest BCUT2D eigenvalue weighted by Gasteiger charge is 2.25.